The van der Waals surface area contributed by atoms with Crippen molar-refractivity contribution in [2.75, 3.05) is 7.11 Å². The minimum atomic E-state index is 0.223. The molecule has 2 aromatic rings. The Hall–Kier alpha value is -1.88. The summed E-state index contributed by atoms with van der Waals surface area (Å²) < 4.78 is 5.24. The summed E-state index contributed by atoms with van der Waals surface area (Å²) in [6.07, 6.45) is 3.52. The van der Waals surface area contributed by atoms with Crippen molar-refractivity contribution in [2.24, 2.45) is 0 Å². The highest BCUT2D eigenvalue weighted by Crippen LogP contribution is 2.29. The molecule has 0 unspecified atom stereocenters. The molecule has 1 amide bonds. The monoisotopic (exact) mass is 330 g/mol. The number of hydrogen-bond donors (Lipinski definition) is 0. The van der Waals surface area contributed by atoms with Gasteiger partial charge in [-0.25, -0.2) is 4.98 Å². The van der Waals surface area contributed by atoms with Crippen molar-refractivity contribution in [1.82, 2.24) is 9.88 Å². The Morgan fingerprint density at radius 2 is 2.26 bits per heavy atom. The molecule has 0 bridgehead atoms. The van der Waals surface area contributed by atoms with E-state index in [0.717, 1.165) is 41.3 Å². The largest absolute Gasteiger partial charge is 0.497 e. The molecular weight excluding hydrogens is 308 g/mol. The third-order valence-electron chi connectivity index (χ3n) is 4.07. The first-order valence-corrected chi connectivity index (χ1v) is 8.87. The Kier molecular flexibility index (Phi) is 4.96. The van der Waals surface area contributed by atoms with E-state index >= 15 is 0 Å². The fourth-order valence-corrected chi connectivity index (χ4v) is 3.29. The van der Waals surface area contributed by atoms with Crippen molar-refractivity contribution in [2.45, 2.75) is 45.2 Å². The highest BCUT2D eigenvalue weighted by atomic mass is 32.1. The van der Waals surface area contributed by atoms with Gasteiger partial charge in [-0.1, -0.05) is 12.1 Å². The zero-order chi connectivity index (χ0) is 16.2. The van der Waals surface area contributed by atoms with Crippen LogP contribution in [0, 0.1) is 6.92 Å². The molecule has 23 heavy (non-hydrogen) atoms. The minimum Gasteiger partial charge on any atom is -0.497 e. The topological polar surface area (TPSA) is 42.4 Å². The van der Waals surface area contributed by atoms with Gasteiger partial charge in [0.05, 0.1) is 24.4 Å². The molecule has 1 heterocycles. The number of ether oxygens (including phenoxy) is 1. The smallest absolute Gasteiger partial charge is 0.223 e. The Balaban J connectivity index is 1.60. The molecule has 1 aromatic carbocycles. The lowest BCUT2D eigenvalue weighted by Gasteiger charge is -2.21. The maximum Gasteiger partial charge on any atom is 0.223 e. The number of methoxy groups -OCH3 is 1. The lowest BCUT2D eigenvalue weighted by Crippen LogP contribution is -2.32. The molecule has 0 radical (unpaired) electrons. The summed E-state index contributed by atoms with van der Waals surface area (Å²) in [5.74, 6) is 1.06. The van der Waals surface area contributed by atoms with Crippen LogP contribution in [0.4, 0.5) is 0 Å². The fraction of sp³-hybridized carbons (Fsp3) is 0.444. The second-order valence-electron chi connectivity index (χ2n) is 5.96. The maximum atomic E-state index is 12.6. The van der Waals surface area contributed by atoms with Crippen molar-refractivity contribution < 1.29 is 9.53 Å². The third kappa shape index (κ3) is 4.32. The Morgan fingerprint density at radius 1 is 1.43 bits per heavy atom. The van der Waals surface area contributed by atoms with E-state index in [1.807, 2.05) is 36.1 Å². The van der Waals surface area contributed by atoms with E-state index < -0.39 is 0 Å². The molecule has 1 aromatic heterocycles. The number of carbonyl (C=O) groups excluding carboxylic acids is 1. The van der Waals surface area contributed by atoms with Crippen molar-refractivity contribution in [3.63, 3.8) is 0 Å². The highest BCUT2D eigenvalue weighted by Gasteiger charge is 2.32. The summed E-state index contributed by atoms with van der Waals surface area (Å²) in [5, 5.41) is 3.11. The maximum absolute atomic E-state index is 12.6. The molecule has 0 saturated heterocycles. The summed E-state index contributed by atoms with van der Waals surface area (Å²) >= 11 is 1.64. The molecule has 1 aliphatic carbocycles. The van der Waals surface area contributed by atoms with Gasteiger partial charge in [-0.3, -0.25) is 4.79 Å². The predicted octanol–water partition coefficient (Wildman–Crippen LogP) is 3.58. The zero-order valence-electron chi connectivity index (χ0n) is 13.6. The van der Waals surface area contributed by atoms with Crippen LogP contribution < -0.4 is 4.74 Å². The summed E-state index contributed by atoms with van der Waals surface area (Å²) in [6, 6.07) is 8.34. The number of thiazole rings is 1. The van der Waals surface area contributed by atoms with Gasteiger partial charge >= 0.3 is 0 Å². The van der Waals surface area contributed by atoms with Crippen LogP contribution >= 0.6 is 11.3 Å². The Morgan fingerprint density at radius 3 is 2.91 bits per heavy atom. The van der Waals surface area contributed by atoms with Crippen molar-refractivity contribution in [1.29, 1.82) is 0 Å². The summed E-state index contributed by atoms with van der Waals surface area (Å²) in [7, 11) is 1.66. The van der Waals surface area contributed by atoms with Gasteiger partial charge in [0, 0.05) is 17.8 Å². The van der Waals surface area contributed by atoms with E-state index in [2.05, 4.69) is 10.4 Å². The molecule has 1 fully saturated rings. The summed E-state index contributed by atoms with van der Waals surface area (Å²) in [5.41, 5.74) is 2.15. The number of amides is 1. The van der Waals surface area contributed by atoms with Gasteiger partial charge in [-0.15, -0.1) is 11.3 Å². The van der Waals surface area contributed by atoms with Crippen LogP contribution in [-0.2, 0) is 17.8 Å². The van der Waals surface area contributed by atoms with Crippen LogP contribution in [0.2, 0.25) is 0 Å². The molecule has 122 valence electrons. The van der Waals surface area contributed by atoms with Crippen LogP contribution in [-0.4, -0.2) is 28.9 Å². The van der Waals surface area contributed by atoms with Gasteiger partial charge < -0.3 is 9.64 Å². The molecule has 3 rings (SSSR count). The number of rotatable bonds is 7. The van der Waals surface area contributed by atoms with E-state index in [-0.39, 0.29) is 5.91 Å². The second kappa shape index (κ2) is 7.13. The van der Waals surface area contributed by atoms with Crippen LogP contribution in [0.15, 0.2) is 29.6 Å². The molecule has 5 heteroatoms. The molecule has 0 spiro atoms. The first kappa shape index (κ1) is 16.0. The average Bonchev–Trinajstić information content (AvgIpc) is 3.32. The van der Waals surface area contributed by atoms with Gasteiger partial charge in [0.1, 0.15) is 5.75 Å². The van der Waals surface area contributed by atoms with Gasteiger partial charge in [-0.05, 0) is 43.9 Å². The molecule has 0 aliphatic heterocycles. The second-order valence-corrected chi connectivity index (χ2v) is 7.02. The number of benzene rings is 1. The molecule has 4 nitrogen and oxygen atoms in total. The van der Waals surface area contributed by atoms with Crippen LogP contribution in [0.1, 0.15) is 35.5 Å². The lowest BCUT2D eigenvalue weighted by atomic mass is 10.1. The number of carbonyl (C=O) groups is 1. The first-order chi connectivity index (χ1) is 11.2. The minimum absolute atomic E-state index is 0.223. The quantitative estimate of drug-likeness (QED) is 0.779. The first-order valence-electron chi connectivity index (χ1n) is 7.99. The van der Waals surface area contributed by atoms with Crippen LogP contribution in [0.5, 0.6) is 5.75 Å². The van der Waals surface area contributed by atoms with Gasteiger partial charge in [0.25, 0.3) is 0 Å². The molecule has 0 atom stereocenters. The van der Waals surface area contributed by atoms with Gasteiger partial charge in [0.2, 0.25) is 5.91 Å². The highest BCUT2D eigenvalue weighted by molar-refractivity contribution is 7.09. The third-order valence-corrected chi connectivity index (χ3v) is 4.89. The Bertz CT molecular complexity index is 679. The predicted molar refractivity (Wildman–Crippen MR) is 91.7 cm³/mol. The van der Waals surface area contributed by atoms with Gasteiger partial charge in [0.15, 0.2) is 0 Å². The molecule has 1 saturated carbocycles. The number of aryl methyl sites for hydroxylation is 2. The molecule has 1 aliphatic rings. The van der Waals surface area contributed by atoms with E-state index in [0.29, 0.717) is 19.0 Å². The van der Waals surface area contributed by atoms with Crippen molar-refractivity contribution in [3.8, 4) is 5.75 Å². The van der Waals surface area contributed by atoms with Crippen molar-refractivity contribution in [3.05, 3.63) is 45.9 Å². The lowest BCUT2D eigenvalue weighted by molar-refractivity contribution is -0.132. The normalized spacial score (nSPS) is 13.8. The average molecular weight is 330 g/mol. The van der Waals surface area contributed by atoms with E-state index in [1.54, 1.807) is 18.4 Å². The molecule has 0 N–H and O–H groups in total. The Labute approximate surface area is 141 Å². The van der Waals surface area contributed by atoms with E-state index in [1.165, 1.54) is 0 Å². The number of hydrogen-bond acceptors (Lipinski definition) is 4. The SMILES string of the molecule is COc1cccc(CCC(=O)N(Cc2csc(C)n2)C2CC2)c1. The van der Waals surface area contributed by atoms with Crippen LogP contribution in [0.3, 0.4) is 0 Å². The fourth-order valence-electron chi connectivity index (χ4n) is 2.69. The van der Waals surface area contributed by atoms with Gasteiger partial charge in [-0.2, -0.15) is 0 Å². The summed E-state index contributed by atoms with van der Waals surface area (Å²) in [4.78, 5) is 19.1. The van der Waals surface area contributed by atoms with E-state index in [4.69, 9.17) is 4.74 Å². The summed E-state index contributed by atoms with van der Waals surface area (Å²) in [6.45, 7) is 2.65. The van der Waals surface area contributed by atoms with E-state index in [9.17, 15) is 4.79 Å². The number of nitrogens with zero attached hydrogens (tertiary/aromatic N) is 2. The van der Waals surface area contributed by atoms with Crippen molar-refractivity contribution >= 4 is 17.2 Å². The number of aromatic nitrogens is 1. The zero-order valence-corrected chi connectivity index (χ0v) is 14.4. The van der Waals surface area contributed by atoms with Crippen LogP contribution in [0.25, 0.3) is 0 Å². The standard InChI is InChI=1S/C18H22N2O2S/c1-13-19-15(12-23-13)11-20(16-7-8-16)18(21)9-6-14-4-3-5-17(10-14)22-2/h3-5,10,12,16H,6-9,11H2,1-2H3. The molecular formula is C18H22N2O2S.